The van der Waals surface area contributed by atoms with Crippen molar-refractivity contribution in [3.63, 3.8) is 0 Å². The van der Waals surface area contributed by atoms with Crippen LogP contribution in [0.5, 0.6) is 5.75 Å². The van der Waals surface area contributed by atoms with Crippen LogP contribution in [-0.2, 0) is 9.53 Å². The van der Waals surface area contributed by atoms with Crippen molar-refractivity contribution in [3.8, 4) is 5.75 Å². The molecule has 0 saturated carbocycles. The minimum Gasteiger partial charge on any atom is -0.496 e. The molecule has 0 spiro atoms. The van der Waals surface area contributed by atoms with E-state index in [0.717, 1.165) is 11.3 Å². The van der Waals surface area contributed by atoms with Crippen LogP contribution in [0.2, 0.25) is 0 Å². The summed E-state index contributed by atoms with van der Waals surface area (Å²) in [5.74, 6) is 0.860. The van der Waals surface area contributed by atoms with Crippen LogP contribution >= 0.6 is 0 Å². The maximum atomic E-state index is 11.1. The molecule has 0 unspecified atom stereocenters. The molecule has 0 aromatic heterocycles. The number of Topliss-reactive ketones (excluding diaryl/α,β-unsaturated/α-hetero) is 1. The van der Waals surface area contributed by atoms with Crippen molar-refractivity contribution >= 4 is 5.78 Å². The van der Waals surface area contributed by atoms with E-state index in [0.29, 0.717) is 6.42 Å². The van der Waals surface area contributed by atoms with Crippen LogP contribution in [-0.4, -0.2) is 20.0 Å². The first-order chi connectivity index (χ1) is 7.19. The number of para-hydroxylation sites is 1. The molecule has 0 aliphatic rings. The molecule has 1 aromatic carbocycles. The Morgan fingerprint density at radius 2 is 2.00 bits per heavy atom. The highest BCUT2D eigenvalue weighted by Crippen LogP contribution is 2.29. The fraction of sp³-hybridized carbons (Fsp3) is 0.417. The lowest BCUT2D eigenvalue weighted by Crippen LogP contribution is -2.07. The average molecular weight is 208 g/mol. The Balaban J connectivity index is 2.95. The van der Waals surface area contributed by atoms with Gasteiger partial charge in [0.05, 0.1) is 13.2 Å². The predicted molar refractivity (Wildman–Crippen MR) is 58.0 cm³/mol. The van der Waals surface area contributed by atoms with E-state index in [2.05, 4.69) is 0 Å². The number of hydrogen-bond donors (Lipinski definition) is 0. The normalized spacial score (nSPS) is 12.2. The van der Waals surface area contributed by atoms with Crippen LogP contribution in [0.4, 0.5) is 0 Å². The fourth-order valence-corrected chi connectivity index (χ4v) is 1.51. The smallest absolute Gasteiger partial charge is 0.132 e. The fourth-order valence-electron chi connectivity index (χ4n) is 1.51. The molecule has 0 N–H and O–H groups in total. The van der Waals surface area contributed by atoms with Gasteiger partial charge >= 0.3 is 0 Å². The third kappa shape index (κ3) is 3.06. The van der Waals surface area contributed by atoms with Gasteiger partial charge in [-0.1, -0.05) is 18.2 Å². The Morgan fingerprint density at radius 3 is 2.53 bits per heavy atom. The van der Waals surface area contributed by atoms with Gasteiger partial charge in [-0.3, -0.25) is 4.79 Å². The van der Waals surface area contributed by atoms with E-state index in [4.69, 9.17) is 9.47 Å². The summed E-state index contributed by atoms with van der Waals surface area (Å²) in [6, 6.07) is 7.57. The van der Waals surface area contributed by atoms with Gasteiger partial charge in [0.2, 0.25) is 0 Å². The summed E-state index contributed by atoms with van der Waals surface area (Å²) in [5.41, 5.74) is 0.915. The van der Waals surface area contributed by atoms with E-state index in [-0.39, 0.29) is 11.9 Å². The van der Waals surface area contributed by atoms with Gasteiger partial charge in [0.1, 0.15) is 11.5 Å². The van der Waals surface area contributed by atoms with Gasteiger partial charge in [-0.2, -0.15) is 0 Å². The molecule has 3 heteroatoms. The van der Waals surface area contributed by atoms with Crippen LogP contribution in [0.15, 0.2) is 24.3 Å². The maximum Gasteiger partial charge on any atom is 0.132 e. The molecule has 0 amide bonds. The van der Waals surface area contributed by atoms with Crippen molar-refractivity contribution in [3.05, 3.63) is 29.8 Å². The van der Waals surface area contributed by atoms with Crippen LogP contribution in [0.3, 0.4) is 0 Å². The van der Waals surface area contributed by atoms with Crippen LogP contribution in [0.25, 0.3) is 0 Å². The minimum atomic E-state index is -0.223. The predicted octanol–water partition coefficient (Wildman–Crippen LogP) is 2.36. The second-order valence-electron chi connectivity index (χ2n) is 3.37. The Labute approximate surface area is 90.0 Å². The lowest BCUT2D eigenvalue weighted by Gasteiger charge is -2.16. The molecule has 15 heavy (non-hydrogen) atoms. The number of methoxy groups -OCH3 is 2. The Hall–Kier alpha value is -1.35. The Kier molecular flexibility index (Phi) is 4.31. The van der Waals surface area contributed by atoms with Crippen molar-refractivity contribution in [2.75, 3.05) is 14.2 Å². The molecule has 1 atom stereocenters. The molecular formula is C12H16O3. The van der Waals surface area contributed by atoms with Crippen LogP contribution < -0.4 is 4.74 Å². The summed E-state index contributed by atoms with van der Waals surface area (Å²) in [5, 5.41) is 0. The molecule has 1 rings (SSSR count). The summed E-state index contributed by atoms with van der Waals surface area (Å²) in [7, 11) is 3.21. The first kappa shape index (κ1) is 11.7. The van der Waals surface area contributed by atoms with E-state index in [1.807, 2.05) is 24.3 Å². The van der Waals surface area contributed by atoms with Gasteiger partial charge in [0, 0.05) is 19.1 Å². The van der Waals surface area contributed by atoms with Crippen molar-refractivity contribution < 1.29 is 14.3 Å². The van der Waals surface area contributed by atoms with Gasteiger partial charge in [-0.25, -0.2) is 0 Å². The van der Waals surface area contributed by atoms with Crippen LogP contribution in [0.1, 0.15) is 25.0 Å². The van der Waals surface area contributed by atoms with E-state index in [1.165, 1.54) is 0 Å². The maximum absolute atomic E-state index is 11.1. The van der Waals surface area contributed by atoms with Gasteiger partial charge in [-0.15, -0.1) is 0 Å². The number of carbonyl (C=O) groups excluding carboxylic acids is 1. The first-order valence-electron chi connectivity index (χ1n) is 4.84. The topological polar surface area (TPSA) is 35.5 Å². The number of ether oxygens (including phenoxy) is 2. The monoisotopic (exact) mass is 208 g/mol. The summed E-state index contributed by atoms with van der Waals surface area (Å²) >= 11 is 0. The Bertz CT molecular complexity index is 333. The zero-order chi connectivity index (χ0) is 11.3. The van der Waals surface area contributed by atoms with Gasteiger partial charge < -0.3 is 9.47 Å². The SMILES string of the molecule is COc1ccccc1[C@H](CC(C)=O)OC. The standard InChI is InChI=1S/C12H16O3/c1-9(13)8-12(15-3)10-6-4-5-7-11(10)14-2/h4-7,12H,8H2,1-3H3/t12-/m0/s1. The summed E-state index contributed by atoms with van der Waals surface area (Å²) in [4.78, 5) is 11.1. The number of ketones is 1. The highest BCUT2D eigenvalue weighted by molar-refractivity contribution is 5.76. The van der Waals surface area contributed by atoms with E-state index in [1.54, 1.807) is 21.1 Å². The quantitative estimate of drug-likeness (QED) is 0.745. The average Bonchev–Trinajstić information content (AvgIpc) is 2.25. The molecule has 0 aliphatic heterocycles. The Morgan fingerprint density at radius 1 is 1.33 bits per heavy atom. The highest BCUT2D eigenvalue weighted by Gasteiger charge is 2.16. The molecule has 0 radical (unpaired) electrons. The minimum absolute atomic E-state index is 0.104. The zero-order valence-electron chi connectivity index (χ0n) is 9.32. The first-order valence-corrected chi connectivity index (χ1v) is 4.84. The molecule has 0 heterocycles. The third-order valence-corrected chi connectivity index (χ3v) is 2.24. The van der Waals surface area contributed by atoms with E-state index < -0.39 is 0 Å². The highest BCUT2D eigenvalue weighted by atomic mass is 16.5. The lowest BCUT2D eigenvalue weighted by atomic mass is 10.0. The molecule has 82 valence electrons. The zero-order valence-corrected chi connectivity index (χ0v) is 9.32. The van der Waals surface area contributed by atoms with E-state index in [9.17, 15) is 4.79 Å². The van der Waals surface area contributed by atoms with Crippen LogP contribution in [0, 0.1) is 0 Å². The van der Waals surface area contributed by atoms with Gasteiger partial charge in [0.15, 0.2) is 0 Å². The second kappa shape index (κ2) is 5.51. The van der Waals surface area contributed by atoms with Crippen molar-refractivity contribution in [1.82, 2.24) is 0 Å². The van der Waals surface area contributed by atoms with Crippen molar-refractivity contribution in [2.45, 2.75) is 19.4 Å². The van der Waals surface area contributed by atoms with Crippen molar-refractivity contribution in [1.29, 1.82) is 0 Å². The largest absolute Gasteiger partial charge is 0.496 e. The molecule has 0 fully saturated rings. The van der Waals surface area contributed by atoms with Gasteiger partial charge in [-0.05, 0) is 13.0 Å². The third-order valence-electron chi connectivity index (χ3n) is 2.24. The number of hydrogen-bond acceptors (Lipinski definition) is 3. The lowest BCUT2D eigenvalue weighted by molar-refractivity contribution is -0.119. The molecule has 0 bridgehead atoms. The summed E-state index contributed by atoms with van der Waals surface area (Å²) < 4.78 is 10.5. The number of carbonyl (C=O) groups is 1. The molecule has 1 aromatic rings. The van der Waals surface area contributed by atoms with Gasteiger partial charge in [0.25, 0.3) is 0 Å². The molecule has 0 aliphatic carbocycles. The number of rotatable bonds is 5. The molecule has 3 nitrogen and oxygen atoms in total. The molecule has 0 saturated heterocycles. The second-order valence-corrected chi connectivity index (χ2v) is 3.37. The summed E-state index contributed by atoms with van der Waals surface area (Å²) in [6.07, 6.45) is 0.148. The van der Waals surface area contributed by atoms with Crippen molar-refractivity contribution in [2.24, 2.45) is 0 Å². The number of benzene rings is 1. The molecular weight excluding hydrogens is 192 g/mol. The van der Waals surface area contributed by atoms with E-state index >= 15 is 0 Å². The summed E-state index contributed by atoms with van der Waals surface area (Å²) in [6.45, 7) is 1.56.